The first-order chi connectivity index (χ1) is 33.4. The average Bonchev–Trinajstić information content (AvgIpc) is 3.33. The fourth-order valence-electron chi connectivity index (χ4n) is 9.91. The van der Waals surface area contributed by atoms with Crippen LogP contribution in [0.2, 0.25) is 0 Å². The Bertz CT molecular complexity index is 1170. The number of rotatable bonds is 51. The molecule has 6 unspecified atom stereocenters. The van der Waals surface area contributed by atoms with Gasteiger partial charge in [-0.2, -0.15) is 0 Å². The molecule has 69 heavy (non-hydrogen) atoms. The van der Waals surface area contributed by atoms with Crippen molar-refractivity contribution in [3.05, 3.63) is 0 Å². The van der Waals surface area contributed by atoms with Crippen LogP contribution in [0.1, 0.15) is 296 Å². The summed E-state index contributed by atoms with van der Waals surface area (Å²) in [6.07, 6.45) is 41.4. The Kier molecular flexibility index (Phi) is 44.2. The third-order valence-electron chi connectivity index (χ3n) is 14.7. The molecular formula is C56H112NO11P. The summed E-state index contributed by atoms with van der Waals surface area (Å²) in [7, 11) is -5.06. The number of phosphoric ester groups is 1. The lowest BCUT2D eigenvalue weighted by Crippen LogP contribution is -2.64. The highest BCUT2D eigenvalue weighted by molar-refractivity contribution is 7.47. The summed E-state index contributed by atoms with van der Waals surface area (Å²) < 4.78 is 23.1. The van der Waals surface area contributed by atoms with Crippen LogP contribution in [-0.4, -0.2) is 96.8 Å². The quantitative estimate of drug-likeness (QED) is 0.0213. The molecule has 0 spiro atoms. The molecule has 9 atom stereocenters. The summed E-state index contributed by atoms with van der Waals surface area (Å²) in [6, 6.07) is -1.03. The molecule has 0 heterocycles. The van der Waals surface area contributed by atoms with E-state index in [2.05, 4.69) is 19.2 Å². The first-order valence-electron chi connectivity index (χ1n) is 29.5. The van der Waals surface area contributed by atoms with Gasteiger partial charge in [-0.3, -0.25) is 13.8 Å². The summed E-state index contributed by atoms with van der Waals surface area (Å²) in [4.78, 5) is 23.6. The highest BCUT2D eigenvalue weighted by atomic mass is 31.2. The molecule has 1 amide bonds. The van der Waals surface area contributed by atoms with Crippen molar-refractivity contribution >= 4 is 13.7 Å². The highest BCUT2D eigenvalue weighted by Crippen LogP contribution is 2.47. The van der Waals surface area contributed by atoms with E-state index in [0.29, 0.717) is 19.3 Å². The molecule has 0 aromatic carbocycles. The topological polar surface area (TPSA) is 206 Å². The fourth-order valence-corrected chi connectivity index (χ4v) is 10.9. The van der Waals surface area contributed by atoms with Crippen LogP contribution in [0.3, 0.4) is 0 Å². The van der Waals surface area contributed by atoms with Gasteiger partial charge >= 0.3 is 7.82 Å². The zero-order valence-electron chi connectivity index (χ0n) is 44.6. The molecule has 412 valence electrons. The van der Waals surface area contributed by atoms with Crippen LogP contribution < -0.4 is 5.32 Å². The maximum absolute atomic E-state index is 13.1. The number of carbonyl (C=O) groups excluding carboxylic acids is 1. The molecule has 1 saturated carbocycles. The first-order valence-corrected chi connectivity index (χ1v) is 31.0. The summed E-state index contributed by atoms with van der Waals surface area (Å²) in [5, 5.41) is 64.5. The van der Waals surface area contributed by atoms with Gasteiger partial charge in [-0.1, -0.05) is 277 Å². The third-order valence-corrected chi connectivity index (χ3v) is 15.7. The Balaban J connectivity index is 2.28. The van der Waals surface area contributed by atoms with Gasteiger partial charge in [-0.15, -0.1) is 0 Å². The van der Waals surface area contributed by atoms with Crippen molar-refractivity contribution in [3.8, 4) is 0 Å². The van der Waals surface area contributed by atoms with E-state index in [0.717, 1.165) is 38.5 Å². The molecule has 1 rings (SSSR count). The Labute approximate surface area is 423 Å². The molecule has 0 aliphatic heterocycles. The van der Waals surface area contributed by atoms with Gasteiger partial charge < -0.3 is 40.8 Å². The van der Waals surface area contributed by atoms with Crippen LogP contribution in [0.4, 0.5) is 0 Å². The maximum atomic E-state index is 13.1. The van der Waals surface area contributed by atoms with E-state index in [9.17, 15) is 44.9 Å². The minimum absolute atomic E-state index is 0.244. The summed E-state index contributed by atoms with van der Waals surface area (Å²) in [5.41, 5.74) is 0. The standard InChI is InChI=1S/C56H112NO11P/c1-3-5-7-9-11-13-15-17-19-21-22-23-24-25-26-27-28-29-30-32-34-36-38-40-42-44-46-50(59)57-48(47-67-69(65,66)68-56-54(63)52(61)51(60)53(62)55(56)64)49(58)45-43-41-39-37-35-33-31-20-18-16-14-12-10-8-6-4-2/h48-49,51-56,58,60-64H,3-47H2,1-2H3,(H,57,59)(H,65,66)/t48-,49+,51?,52+,53?,54?,55?,56?/m0/s1. The molecule has 13 heteroatoms. The number of hydrogen-bond acceptors (Lipinski definition) is 10. The van der Waals surface area contributed by atoms with Crippen LogP contribution in [0.15, 0.2) is 0 Å². The molecule has 0 radical (unpaired) electrons. The lowest BCUT2D eigenvalue weighted by molar-refractivity contribution is -0.220. The fraction of sp³-hybridized carbons (Fsp3) is 0.982. The summed E-state index contributed by atoms with van der Waals surface area (Å²) >= 11 is 0. The molecular weight excluding hydrogens is 894 g/mol. The number of amides is 1. The average molecular weight is 1010 g/mol. The summed E-state index contributed by atoms with van der Waals surface area (Å²) in [5.74, 6) is -0.300. The third kappa shape index (κ3) is 36.8. The second-order valence-electron chi connectivity index (χ2n) is 21.2. The Morgan fingerprint density at radius 1 is 0.435 bits per heavy atom. The number of phosphoric acid groups is 1. The van der Waals surface area contributed by atoms with Gasteiger partial charge in [0.2, 0.25) is 5.91 Å². The Morgan fingerprint density at radius 3 is 1.00 bits per heavy atom. The number of unbranched alkanes of at least 4 members (excludes halogenated alkanes) is 40. The van der Waals surface area contributed by atoms with Crippen molar-refractivity contribution in [1.82, 2.24) is 5.32 Å². The molecule has 12 nitrogen and oxygen atoms in total. The predicted octanol–water partition coefficient (Wildman–Crippen LogP) is 13.4. The SMILES string of the molecule is CCCCCCCCCCCCCCCCCCCCCCCCCCCCC(=O)N[C@@H](COP(=O)(O)OC1C(O)C(O)C(O)[C@@H](O)C1O)[C@H](O)CCCCCCCCCCCCCCCCCC. The number of aliphatic hydroxyl groups is 6. The predicted molar refractivity (Wildman–Crippen MR) is 283 cm³/mol. The molecule has 8 N–H and O–H groups in total. The lowest BCUT2D eigenvalue weighted by Gasteiger charge is -2.41. The lowest BCUT2D eigenvalue weighted by atomic mass is 9.85. The Hall–Kier alpha value is -0.660. The smallest absolute Gasteiger partial charge is 0.391 e. The van der Waals surface area contributed by atoms with Gasteiger partial charge in [0.15, 0.2) is 0 Å². The molecule has 0 saturated heterocycles. The second-order valence-corrected chi connectivity index (χ2v) is 22.6. The molecule has 1 fully saturated rings. The van der Waals surface area contributed by atoms with Crippen LogP contribution >= 0.6 is 7.82 Å². The number of aliphatic hydroxyl groups excluding tert-OH is 6. The van der Waals surface area contributed by atoms with Crippen molar-refractivity contribution in [1.29, 1.82) is 0 Å². The number of nitrogens with one attached hydrogen (secondary N) is 1. The van der Waals surface area contributed by atoms with Crippen molar-refractivity contribution < 1.29 is 53.9 Å². The number of hydrogen-bond donors (Lipinski definition) is 8. The van der Waals surface area contributed by atoms with E-state index >= 15 is 0 Å². The molecule has 0 aromatic heterocycles. The van der Waals surface area contributed by atoms with Crippen LogP contribution in [0, 0.1) is 0 Å². The summed E-state index contributed by atoms with van der Waals surface area (Å²) in [6.45, 7) is 3.94. The normalized spacial score (nSPS) is 21.3. The van der Waals surface area contributed by atoms with E-state index in [4.69, 9.17) is 9.05 Å². The monoisotopic (exact) mass is 1010 g/mol. The van der Waals surface area contributed by atoms with Crippen LogP contribution in [0.25, 0.3) is 0 Å². The van der Waals surface area contributed by atoms with Gasteiger partial charge in [0.05, 0.1) is 18.8 Å². The second kappa shape index (κ2) is 45.9. The van der Waals surface area contributed by atoms with E-state index in [-0.39, 0.29) is 12.3 Å². The maximum Gasteiger partial charge on any atom is 0.472 e. The van der Waals surface area contributed by atoms with Crippen molar-refractivity contribution in [2.45, 2.75) is 345 Å². The van der Waals surface area contributed by atoms with Crippen molar-refractivity contribution in [2.24, 2.45) is 0 Å². The zero-order chi connectivity index (χ0) is 50.6. The van der Waals surface area contributed by atoms with Crippen molar-refractivity contribution in [2.75, 3.05) is 6.61 Å². The van der Waals surface area contributed by atoms with E-state index in [1.165, 1.54) is 218 Å². The zero-order valence-corrected chi connectivity index (χ0v) is 45.5. The minimum Gasteiger partial charge on any atom is -0.391 e. The molecule has 1 aliphatic rings. The Morgan fingerprint density at radius 2 is 0.696 bits per heavy atom. The largest absolute Gasteiger partial charge is 0.472 e. The van der Waals surface area contributed by atoms with E-state index in [1.807, 2.05) is 0 Å². The van der Waals surface area contributed by atoms with Gasteiger partial charge in [0.25, 0.3) is 0 Å². The van der Waals surface area contributed by atoms with Gasteiger partial charge in [0.1, 0.15) is 36.6 Å². The minimum atomic E-state index is -5.06. The molecule has 1 aliphatic carbocycles. The van der Waals surface area contributed by atoms with Gasteiger partial charge in [0, 0.05) is 6.42 Å². The number of carbonyl (C=O) groups is 1. The molecule has 0 bridgehead atoms. The van der Waals surface area contributed by atoms with Crippen LogP contribution in [0.5, 0.6) is 0 Å². The van der Waals surface area contributed by atoms with Gasteiger partial charge in [-0.25, -0.2) is 4.57 Å². The van der Waals surface area contributed by atoms with E-state index < -0.39 is 63.2 Å². The van der Waals surface area contributed by atoms with E-state index in [1.54, 1.807) is 0 Å². The van der Waals surface area contributed by atoms with Crippen molar-refractivity contribution in [3.63, 3.8) is 0 Å². The first kappa shape index (κ1) is 66.4. The van der Waals surface area contributed by atoms with Crippen LogP contribution in [-0.2, 0) is 18.4 Å². The molecule has 0 aromatic rings. The highest BCUT2D eigenvalue weighted by Gasteiger charge is 2.51. The van der Waals surface area contributed by atoms with Gasteiger partial charge in [-0.05, 0) is 12.8 Å².